The standard InChI is InChI=1S/C21H16FN3OS/c22-18-9-5-4-8-17(18)19-10-11-20(27-19)21(26)23-12-15-13-24-25(14-15)16-6-2-1-3-7-16/h1-11,13-14H,12H2,(H,23,26). The lowest BCUT2D eigenvalue weighted by Crippen LogP contribution is -2.21. The zero-order valence-electron chi connectivity index (χ0n) is 14.3. The van der Waals surface area contributed by atoms with Gasteiger partial charge in [-0.1, -0.05) is 36.4 Å². The molecule has 0 aliphatic rings. The Hall–Kier alpha value is -3.25. The predicted molar refractivity (Wildman–Crippen MR) is 104 cm³/mol. The van der Waals surface area contributed by atoms with Gasteiger partial charge in [-0.25, -0.2) is 9.07 Å². The molecular weight excluding hydrogens is 361 g/mol. The third-order valence-electron chi connectivity index (χ3n) is 4.08. The molecule has 4 nitrogen and oxygen atoms in total. The summed E-state index contributed by atoms with van der Waals surface area (Å²) in [4.78, 5) is 13.7. The maximum Gasteiger partial charge on any atom is 0.261 e. The highest BCUT2D eigenvalue weighted by molar-refractivity contribution is 7.17. The lowest BCUT2D eigenvalue weighted by atomic mass is 10.2. The van der Waals surface area contributed by atoms with Crippen LogP contribution in [0, 0.1) is 5.82 Å². The Kier molecular flexibility index (Phi) is 4.80. The van der Waals surface area contributed by atoms with Gasteiger partial charge in [-0.2, -0.15) is 5.10 Å². The summed E-state index contributed by atoms with van der Waals surface area (Å²) in [5, 5.41) is 7.20. The average molecular weight is 377 g/mol. The average Bonchev–Trinajstić information content (AvgIpc) is 3.37. The van der Waals surface area contributed by atoms with Crippen molar-refractivity contribution in [3.05, 3.63) is 95.4 Å². The van der Waals surface area contributed by atoms with Crippen molar-refractivity contribution in [3.63, 3.8) is 0 Å². The van der Waals surface area contributed by atoms with Gasteiger partial charge < -0.3 is 5.32 Å². The number of nitrogens with one attached hydrogen (secondary N) is 1. The van der Waals surface area contributed by atoms with Gasteiger partial charge in [0, 0.05) is 28.7 Å². The van der Waals surface area contributed by atoms with Crippen LogP contribution < -0.4 is 5.32 Å². The van der Waals surface area contributed by atoms with Crippen molar-refractivity contribution >= 4 is 17.2 Å². The molecule has 4 aromatic rings. The molecule has 4 rings (SSSR count). The molecule has 0 fully saturated rings. The molecule has 1 amide bonds. The molecule has 0 aliphatic heterocycles. The maximum absolute atomic E-state index is 13.9. The Morgan fingerprint density at radius 3 is 2.63 bits per heavy atom. The summed E-state index contributed by atoms with van der Waals surface area (Å²) < 4.78 is 15.7. The number of amides is 1. The SMILES string of the molecule is O=C(NCc1cnn(-c2ccccc2)c1)c1ccc(-c2ccccc2F)s1. The van der Waals surface area contributed by atoms with E-state index in [2.05, 4.69) is 10.4 Å². The molecule has 27 heavy (non-hydrogen) atoms. The lowest BCUT2D eigenvalue weighted by molar-refractivity contribution is 0.0955. The van der Waals surface area contributed by atoms with Crippen LogP contribution in [0.1, 0.15) is 15.2 Å². The molecular formula is C21H16FN3OS. The second kappa shape index (κ2) is 7.55. The van der Waals surface area contributed by atoms with Gasteiger partial charge in [-0.15, -0.1) is 11.3 Å². The predicted octanol–water partition coefficient (Wildman–Crippen LogP) is 4.67. The molecule has 2 heterocycles. The van der Waals surface area contributed by atoms with Gasteiger partial charge in [0.15, 0.2) is 0 Å². The highest BCUT2D eigenvalue weighted by atomic mass is 32.1. The quantitative estimate of drug-likeness (QED) is 0.549. The first kappa shape index (κ1) is 17.2. The zero-order chi connectivity index (χ0) is 18.6. The summed E-state index contributed by atoms with van der Waals surface area (Å²) in [7, 11) is 0. The van der Waals surface area contributed by atoms with E-state index in [0.717, 1.165) is 16.1 Å². The minimum Gasteiger partial charge on any atom is -0.347 e. The zero-order valence-corrected chi connectivity index (χ0v) is 15.1. The molecule has 2 aromatic heterocycles. The number of carbonyl (C=O) groups excluding carboxylic acids is 1. The Balaban J connectivity index is 1.42. The number of thiophene rings is 1. The van der Waals surface area contributed by atoms with Crippen LogP contribution in [-0.2, 0) is 6.54 Å². The van der Waals surface area contributed by atoms with Gasteiger partial charge in [0.1, 0.15) is 5.82 Å². The van der Waals surface area contributed by atoms with E-state index >= 15 is 0 Å². The van der Waals surface area contributed by atoms with E-state index < -0.39 is 0 Å². The molecule has 134 valence electrons. The molecule has 0 unspecified atom stereocenters. The summed E-state index contributed by atoms with van der Waals surface area (Å²) in [6, 6.07) is 19.8. The first-order valence-corrected chi connectivity index (χ1v) is 9.24. The molecule has 0 radical (unpaired) electrons. The van der Waals surface area contributed by atoms with Crippen LogP contribution in [0.2, 0.25) is 0 Å². The first-order chi connectivity index (χ1) is 13.2. The summed E-state index contributed by atoms with van der Waals surface area (Å²) in [5.41, 5.74) is 2.37. The third kappa shape index (κ3) is 3.80. The minimum absolute atomic E-state index is 0.185. The van der Waals surface area contributed by atoms with E-state index in [1.807, 2.05) is 36.5 Å². The van der Waals surface area contributed by atoms with E-state index in [-0.39, 0.29) is 11.7 Å². The maximum atomic E-state index is 13.9. The monoisotopic (exact) mass is 377 g/mol. The number of carbonyl (C=O) groups is 1. The fourth-order valence-corrected chi connectivity index (χ4v) is 3.66. The topological polar surface area (TPSA) is 46.9 Å². The molecule has 0 bridgehead atoms. The van der Waals surface area contributed by atoms with Crippen molar-refractivity contribution < 1.29 is 9.18 Å². The summed E-state index contributed by atoms with van der Waals surface area (Å²) in [6.07, 6.45) is 3.61. The Labute approximate surface area is 159 Å². The number of para-hydroxylation sites is 1. The number of aromatic nitrogens is 2. The van der Waals surface area contributed by atoms with Crippen molar-refractivity contribution in [2.75, 3.05) is 0 Å². The van der Waals surface area contributed by atoms with Crippen LogP contribution >= 0.6 is 11.3 Å². The minimum atomic E-state index is -0.292. The van der Waals surface area contributed by atoms with Crippen molar-refractivity contribution in [1.82, 2.24) is 15.1 Å². The van der Waals surface area contributed by atoms with E-state index in [0.29, 0.717) is 17.0 Å². The van der Waals surface area contributed by atoms with E-state index in [9.17, 15) is 9.18 Å². The van der Waals surface area contributed by atoms with Crippen molar-refractivity contribution in [2.45, 2.75) is 6.54 Å². The van der Waals surface area contributed by atoms with Gasteiger partial charge >= 0.3 is 0 Å². The second-order valence-electron chi connectivity index (χ2n) is 5.96. The molecule has 0 aliphatic carbocycles. The molecule has 0 saturated heterocycles. The highest BCUT2D eigenvalue weighted by Gasteiger charge is 2.12. The van der Waals surface area contributed by atoms with E-state index in [4.69, 9.17) is 0 Å². The second-order valence-corrected chi connectivity index (χ2v) is 7.04. The fourth-order valence-electron chi connectivity index (χ4n) is 2.71. The summed E-state index contributed by atoms with van der Waals surface area (Å²) in [6.45, 7) is 0.374. The first-order valence-electron chi connectivity index (χ1n) is 8.42. The molecule has 0 spiro atoms. The lowest BCUT2D eigenvalue weighted by Gasteiger charge is -2.02. The van der Waals surface area contributed by atoms with Crippen LogP contribution in [0.3, 0.4) is 0 Å². The van der Waals surface area contributed by atoms with E-state index in [1.165, 1.54) is 17.4 Å². The smallest absolute Gasteiger partial charge is 0.261 e. The van der Waals surface area contributed by atoms with Crippen LogP contribution in [-0.4, -0.2) is 15.7 Å². The summed E-state index contributed by atoms with van der Waals surface area (Å²) in [5.74, 6) is -0.477. The Bertz CT molecular complexity index is 1070. The van der Waals surface area contributed by atoms with Gasteiger partial charge in [0.2, 0.25) is 0 Å². The van der Waals surface area contributed by atoms with Crippen LogP contribution in [0.25, 0.3) is 16.1 Å². The van der Waals surface area contributed by atoms with Crippen molar-refractivity contribution in [1.29, 1.82) is 0 Å². The van der Waals surface area contributed by atoms with Gasteiger partial charge in [0.25, 0.3) is 5.91 Å². The summed E-state index contributed by atoms with van der Waals surface area (Å²) >= 11 is 1.27. The normalized spacial score (nSPS) is 10.7. The molecule has 6 heteroatoms. The number of hydrogen-bond donors (Lipinski definition) is 1. The molecule has 1 N–H and O–H groups in total. The van der Waals surface area contributed by atoms with Crippen LogP contribution in [0.4, 0.5) is 4.39 Å². The van der Waals surface area contributed by atoms with Gasteiger partial charge in [0.05, 0.1) is 16.8 Å². The van der Waals surface area contributed by atoms with Crippen LogP contribution in [0.5, 0.6) is 0 Å². The van der Waals surface area contributed by atoms with Gasteiger partial charge in [-0.3, -0.25) is 4.79 Å². The third-order valence-corrected chi connectivity index (χ3v) is 5.20. The van der Waals surface area contributed by atoms with Crippen LogP contribution in [0.15, 0.2) is 79.1 Å². The number of halogens is 1. The number of hydrogen-bond acceptors (Lipinski definition) is 3. The number of benzene rings is 2. The number of nitrogens with zero attached hydrogens (tertiary/aromatic N) is 2. The molecule has 0 atom stereocenters. The highest BCUT2D eigenvalue weighted by Crippen LogP contribution is 2.29. The van der Waals surface area contributed by atoms with Crippen molar-refractivity contribution in [3.8, 4) is 16.1 Å². The van der Waals surface area contributed by atoms with Gasteiger partial charge in [-0.05, 0) is 30.3 Å². The fraction of sp³-hybridized carbons (Fsp3) is 0.0476. The Morgan fingerprint density at radius 2 is 1.81 bits per heavy atom. The van der Waals surface area contributed by atoms with E-state index in [1.54, 1.807) is 41.2 Å². The number of rotatable bonds is 5. The molecule has 0 saturated carbocycles. The van der Waals surface area contributed by atoms with Crippen molar-refractivity contribution in [2.24, 2.45) is 0 Å². The molecule has 2 aromatic carbocycles. The largest absolute Gasteiger partial charge is 0.347 e. The Morgan fingerprint density at radius 1 is 1.04 bits per heavy atom.